The molecule has 1 atom stereocenters. The van der Waals surface area contributed by atoms with Gasteiger partial charge in [0.2, 0.25) is 11.7 Å². The Hall–Kier alpha value is -2.96. The second kappa shape index (κ2) is 7.54. The number of aromatic nitrogens is 1. The molecule has 0 radical (unpaired) electrons. The van der Waals surface area contributed by atoms with E-state index in [4.69, 9.17) is 0 Å². The van der Waals surface area contributed by atoms with Gasteiger partial charge in [-0.25, -0.2) is 4.98 Å². The van der Waals surface area contributed by atoms with Crippen molar-refractivity contribution in [3.05, 3.63) is 63.8 Å². The van der Waals surface area contributed by atoms with Crippen molar-refractivity contribution in [2.45, 2.75) is 19.4 Å². The topological polar surface area (TPSA) is 88.4 Å². The summed E-state index contributed by atoms with van der Waals surface area (Å²) in [6.45, 7) is 1.73. The molecule has 0 saturated carbocycles. The number of nitrogens with zero attached hydrogens (tertiary/aromatic N) is 3. The van der Waals surface area contributed by atoms with Gasteiger partial charge < -0.3 is 10.2 Å². The van der Waals surface area contributed by atoms with E-state index in [0.29, 0.717) is 12.0 Å². The highest BCUT2D eigenvalue weighted by molar-refractivity contribution is 5.85. The molecule has 126 valence electrons. The number of nitrogens with one attached hydrogen (secondary N) is 1. The number of hydrogen-bond donors (Lipinski definition) is 1. The first-order chi connectivity index (χ1) is 11.4. The molecule has 0 bridgehead atoms. The summed E-state index contributed by atoms with van der Waals surface area (Å²) in [6.07, 6.45) is 1.94. The van der Waals surface area contributed by atoms with Crippen LogP contribution in [-0.4, -0.2) is 40.9 Å². The Balaban J connectivity index is 2.32. The molecule has 1 N–H and O–H groups in total. The van der Waals surface area contributed by atoms with Crippen molar-refractivity contribution < 1.29 is 9.72 Å². The number of amides is 1. The van der Waals surface area contributed by atoms with E-state index in [-0.39, 0.29) is 17.4 Å². The van der Waals surface area contributed by atoms with Crippen LogP contribution >= 0.6 is 0 Å². The van der Waals surface area contributed by atoms with Gasteiger partial charge in [-0.1, -0.05) is 30.3 Å². The monoisotopic (exact) mass is 328 g/mol. The van der Waals surface area contributed by atoms with Gasteiger partial charge in [0.1, 0.15) is 6.04 Å². The van der Waals surface area contributed by atoms with Crippen LogP contribution in [0.5, 0.6) is 0 Å². The SMILES string of the molecule is Cc1cnc(N[C@H](Cc2ccccc2)C(=O)N(C)C)c([N+](=O)[O-])c1. The third-order valence-corrected chi connectivity index (χ3v) is 3.53. The quantitative estimate of drug-likeness (QED) is 0.650. The molecule has 1 aromatic carbocycles. The minimum absolute atomic E-state index is 0.0988. The average Bonchev–Trinajstić information content (AvgIpc) is 2.55. The fourth-order valence-electron chi connectivity index (χ4n) is 2.33. The molecule has 0 aliphatic heterocycles. The summed E-state index contributed by atoms with van der Waals surface area (Å²) in [4.78, 5) is 28.8. The molecule has 1 heterocycles. The maximum Gasteiger partial charge on any atom is 0.311 e. The number of carbonyl (C=O) groups is 1. The first-order valence-corrected chi connectivity index (χ1v) is 7.51. The minimum Gasteiger partial charge on any atom is -0.352 e. The van der Waals surface area contributed by atoms with Crippen molar-refractivity contribution in [1.29, 1.82) is 0 Å². The standard InChI is InChI=1S/C17H20N4O3/c1-12-9-15(21(23)24)16(18-11-12)19-14(17(22)20(2)3)10-13-7-5-4-6-8-13/h4-9,11,14H,10H2,1-3H3,(H,18,19)/t14-/m1/s1. The largest absolute Gasteiger partial charge is 0.352 e. The Kier molecular flexibility index (Phi) is 5.47. The highest BCUT2D eigenvalue weighted by atomic mass is 16.6. The fraction of sp³-hybridized carbons (Fsp3) is 0.294. The Morgan fingerprint density at radius 1 is 1.33 bits per heavy atom. The van der Waals surface area contributed by atoms with Crippen LogP contribution in [0.4, 0.5) is 11.5 Å². The summed E-state index contributed by atoms with van der Waals surface area (Å²) in [5.74, 6) is -0.0720. The highest BCUT2D eigenvalue weighted by Crippen LogP contribution is 2.24. The summed E-state index contributed by atoms with van der Waals surface area (Å²) >= 11 is 0. The van der Waals surface area contributed by atoms with Crippen LogP contribution in [0.15, 0.2) is 42.6 Å². The highest BCUT2D eigenvalue weighted by Gasteiger charge is 2.25. The van der Waals surface area contributed by atoms with Crippen LogP contribution in [-0.2, 0) is 11.2 Å². The molecule has 0 fully saturated rings. The lowest BCUT2D eigenvalue weighted by atomic mass is 10.0. The Morgan fingerprint density at radius 3 is 2.58 bits per heavy atom. The van der Waals surface area contributed by atoms with Gasteiger partial charge in [-0.2, -0.15) is 0 Å². The van der Waals surface area contributed by atoms with E-state index >= 15 is 0 Å². The maximum atomic E-state index is 12.5. The number of rotatable bonds is 6. The van der Waals surface area contributed by atoms with Crippen molar-refractivity contribution in [3.8, 4) is 0 Å². The first-order valence-electron chi connectivity index (χ1n) is 7.51. The lowest BCUT2D eigenvalue weighted by molar-refractivity contribution is -0.384. The van der Waals surface area contributed by atoms with Crippen molar-refractivity contribution in [2.75, 3.05) is 19.4 Å². The molecule has 0 saturated heterocycles. The second-order valence-electron chi connectivity index (χ2n) is 5.76. The van der Waals surface area contributed by atoms with Gasteiger partial charge in [-0.05, 0) is 18.1 Å². The zero-order chi connectivity index (χ0) is 17.7. The van der Waals surface area contributed by atoms with Gasteiger partial charge in [0.15, 0.2) is 0 Å². The molecule has 7 heteroatoms. The van der Waals surface area contributed by atoms with E-state index in [2.05, 4.69) is 10.3 Å². The molecule has 2 rings (SSSR count). The number of likely N-dealkylation sites (N-methyl/N-ethyl adjacent to an activating group) is 1. The smallest absolute Gasteiger partial charge is 0.311 e. The van der Waals surface area contributed by atoms with Gasteiger partial charge in [-0.15, -0.1) is 0 Å². The number of hydrogen-bond acceptors (Lipinski definition) is 5. The molecule has 1 aromatic heterocycles. The molecular formula is C17H20N4O3. The predicted octanol–water partition coefficient (Wildman–Crippen LogP) is 2.41. The lowest BCUT2D eigenvalue weighted by Gasteiger charge is -2.22. The molecule has 0 aliphatic rings. The molecule has 1 amide bonds. The summed E-state index contributed by atoms with van der Waals surface area (Å²) in [7, 11) is 3.30. The van der Waals surface area contributed by atoms with Gasteiger partial charge in [0, 0.05) is 32.8 Å². The number of aryl methyl sites for hydroxylation is 1. The Bertz CT molecular complexity index is 732. The van der Waals surface area contributed by atoms with Crippen LogP contribution < -0.4 is 5.32 Å². The average molecular weight is 328 g/mol. The van der Waals surface area contributed by atoms with E-state index in [9.17, 15) is 14.9 Å². The second-order valence-corrected chi connectivity index (χ2v) is 5.76. The lowest BCUT2D eigenvalue weighted by Crippen LogP contribution is -2.40. The summed E-state index contributed by atoms with van der Waals surface area (Å²) in [5.41, 5.74) is 1.50. The zero-order valence-corrected chi connectivity index (χ0v) is 13.9. The summed E-state index contributed by atoms with van der Waals surface area (Å²) in [6, 6.07) is 10.3. The van der Waals surface area contributed by atoms with E-state index < -0.39 is 11.0 Å². The molecule has 0 unspecified atom stereocenters. The predicted molar refractivity (Wildman–Crippen MR) is 91.9 cm³/mol. The van der Waals surface area contributed by atoms with Gasteiger partial charge in [0.25, 0.3) is 0 Å². The van der Waals surface area contributed by atoms with Crippen LogP contribution in [0.25, 0.3) is 0 Å². The minimum atomic E-state index is -0.642. The van der Waals surface area contributed by atoms with E-state index in [1.54, 1.807) is 21.0 Å². The van der Waals surface area contributed by atoms with Crippen molar-refractivity contribution in [2.24, 2.45) is 0 Å². The first kappa shape index (κ1) is 17.4. The summed E-state index contributed by atoms with van der Waals surface area (Å²) in [5, 5.41) is 14.2. The van der Waals surface area contributed by atoms with Gasteiger partial charge in [-0.3, -0.25) is 14.9 Å². The van der Waals surface area contributed by atoms with Crippen LogP contribution in [0, 0.1) is 17.0 Å². The number of nitro groups is 1. The zero-order valence-electron chi connectivity index (χ0n) is 13.9. The molecule has 7 nitrogen and oxygen atoms in total. The molecular weight excluding hydrogens is 308 g/mol. The summed E-state index contributed by atoms with van der Waals surface area (Å²) < 4.78 is 0. The number of pyridine rings is 1. The van der Waals surface area contributed by atoms with Crippen molar-refractivity contribution in [1.82, 2.24) is 9.88 Å². The Labute approximate surface area is 140 Å². The van der Waals surface area contributed by atoms with Crippen LogP contribution in [0.1, 0.15) is 11.1 Å². The molecule has 0 spiro atoms. The molecule has 2 aromatic rings. The maximum absolute atomic E-state index is 12.5. The van der Waals surface area contributed by atoms with Crippen molar-refractivity contribution in [3.63, 3.8) is 0 Å². The molecule has 24 heavy (non-hydrogen) atoms. The molecule has 0 aliphatic carbocycles. The van der Waals surface area contributed by atoms with Crippen molar-refractivity contribution >= 4 is 17.4 Å². The third-order valence-electron chi connectivity index (χ3n) is 3.53. The third kappa shape index (κ3) is 4.28. The van der Waals surface area contributed by atoms with E-state index in [1.807, 2.05) is 30.3 Å². The van der Waals surface area contributed by atoms with Gasteiger partial charge in [0.05, 0.1) is 4.92 Å². The van der Waals surface area contributed by atoms with Gasteiger partial charge >= 0.3 is 5.69 Å². The normalized spacial score (nSPS) is 11.6. The number of carbonyl (C=O) groups excluding carboxylic acids is 1. The van der Waals surface area contributed by atoms with E-state index in [0.717, 1.165) is 5.56 Å². The number of anilines is 1. The Morgan fingerprint density at radius 2 is 2.00 bits per heavy atom. The van der Waals surface area contributed by atoms with Crippen LogP contribution in [0.2, 0.25) is 0 Å². The fourth-order valence-corrected chi connectivity index (χ4v) is 2.33. The number of benzene rings is 1. The van der Waals surface area contributed by atoms with E-state index in [1.165, 1.54) is 17.2 Å². The van der Waals surface area contributed by atoms with Crippen LogP contribution in [0.3, 0.4) is 0 Å².